The van der Waals surface area contributed by atoms with Crippen molar-refractivity contribution < 1.29 is 9.32 Å². The number of nitrogens with zero attached hydrogens (tertiary/aromatic N) is 4. The largest absolute Gasteiger partial charge is 0.395 e. The van der Waals surface area contributed by atoms with E-state index in [1.807, 2.05) is 0 Å². The summed E-state index contributed by atoms with van der Waals surface area (Å²) in [5, 5.41) is 10.5. The van der Waals surface area contributed by atoms with E-state index >= 15 is 0 Å². The van der Waals surface area contributed by atoms with Crippen molar-refractivity contribution in [2.24, 2.45) is 7.05 Å². The second-order valence-corrected chi connectivity index (χ2v) is 3.82. The van der Waals surface area contributed by atoms with Gasteiger partial charge in [-0.1, -0.05) is 5.16 Å². The predicted octanol–water partition coefficient (Wildman–Crippen LogP) is -0.334. The third-order valence-electron chi connectivity index (χ3n) is 2.52. The molecule has 0 aromatic carbocycles. The first-order chi connectivity index (χ1) is 8.59. The van der Waals surface area contributed by atoms with Crippen LogP contribution in [0.15, 0.2) is 10.9 Å². The lowest BCUT2D eigenvalue weighted by atomic mass is 10.3. The number of anilines is 1. The van der Waals surface area contributed by atoms with Crippen molar-refractivity contribution >= 4 is 11.6 Å². The fourth-order valence-electron chi connectivity index (χ4n) is 1.62. The lowest BCUT2D eigenvalue weighted by Gasteiger charge is -2.04. The molecule has 0 radical (unpaired) electrons. The lowest BCUT2D eigenvalue weighted by Crippen LogP contribution is -2.28. The van der Waals surface area contributed by atoms with Crippen molar-refractivity contribution in [3.05, 3.63) is 23.6 Å². The highest BCUT2D eigenvalue weighted by molar-refractivity contribution is 5.97. The Bertz CT molecular complexity index is 545. The van der Waals surface area contributed by atoms with E-state index in [2.05, 4.69) is 25.1 Å². The Labute approximate surface area is 103 Å². The van der Waals surface area contributed by atoms with E-state index in [1.165, 1.54) is 11.1 Å². The molecule has 0 bridgehead atoms. The Morgan fingerprint density at radius 1 is 1.61 bits per heavy atom. The summed E-state index contributed by atoms with van der Waals surface area (Å²) in [6.07, 6.45) is 1.75. The zero-order valence-corrected chi connectivity index (χ0v) is 10.2. The van der Waals surface area contributed by atoms with Crippen molar-refractivity contribution in [3.63, 3.8) is 0 Å². The van der Waals surface area contributed by atoms with Gasteiger partial charge < -0.3 is 15.6 Å². The molecule has 0 unspecified atom stereocenters. The van der Waals surface area contributed by atoms with Gasteiger partial charge in [0.2, 0.25) is 6.39 Å². The van der Waals surface area contributed by atoms with Gasteiger partial charge in [-0.05, 0) is 6.92 Å². The molecule has 0 aliphatic heterocycles. The first kappa shape index (κ1) is 12.1. The number of nitrogen functional groups attached to an aromatic ring is 1. The van der Waals surface area contributed by atoms with Crippen molar-refractivity contribution in [2.75, 3.05) is 12.3 Å². The first-order valence-corrected chi connectivity index (χ1v) is 5.42. The summed E-state index contributed by atoms with van der Waals surface area (Å²) in [7, 11) is 1.68. The molecule has 8 heteroatoms. The normalized spacial score (nSPS) is 10.6. The van der Waals surface area contributed by atoms with Gasteiger partial charge in [0.05, 0.1) is 11.4 Å². The number of nitrogens with two attached hydrogens (primary N) is 1. The lowest BCUT2D eigenvalue weighted by molar-refractivity contribution is 0.0945. The quantitative estimate of drug-likeness (QED) is 0.768. The highest BCUT2D eigenvalue weighted by atomic mass is 16.5. The molecule has 0 aliphatic rings. The van der Waals surface area contributed by atoms with Crippen LogP contribution < -0.4 is 11.1 Å². The molecule has 2 heterocycles. The summed E-state index contributed by atoms with van der Waals surface area (Å²) in [6, 6.07) is 0. The highest BCUT2D eigenvalue weighted by Crippen LogP contribution is 2.14. The van der Waals surface area contributed by atoms with Gasteiger partial charge in [0.25, 0.3) is 5.91 Å². The molecule has 2 rings (SSSR count). The number of carbonyl (C=O) groups is 1. The average Bonchev–Trinajstić information content (AvgIpc) is 2.89. The molecule has 0 aliphatic carbocycles. The molecule has 2 aromatic heterocycles. The Kier molecular flexibility index (Phi) is 3.26. The number of aromatic nitrogens is 4. The summed E-state index contributed by atoms with van der Waals surface area (Å²) < 4.78 is 6.06. The van der Waals surface area contributed by atoms with E-state index in [9.17, 15) is 4.79 Å². The van der Waals surface area contributed by atoms with E-state index < -0.39 is 0 Å². The molecule has 1 amide bonds. The number of rotatable bonds is 4. The molecular formula is C10H14N6O2. The molecule has 3 N–H and O–H groups in total. The summed E-state index contributed by atoms with van der Waals surface area (Å²) in [4.78, 5) is 15.8. The Morgan fingerprint density at radius 2 is 2.39 bits per heavy atom. The van der Waals surface area contributed by atoms with Gasteiger partial charge >= 0.3 is 0 Å². The van der Waals surface area contributed by atoms with Crippen LogP contribution in [0, 0.1) is 6.92 Å². The van der Waals surface area contributed by atoms with Crippen LogP contribution in [-0.2, 0) is 13.5 Å². The fraction of sp³-hybridized carbons (Fsp3) is 0.400. The van der Waals surface area contributed by atoms with Gasteiger partial charge in [0.1, 0.15) is 5.69 Å². The number of amides is 1. The molecule has 8 nitrogen and oxygen atoms in total. The maximum absolute atomic E-state index is 11.9. The molecule has 96 valence electrons. The van der Waals surface area contributed by atoms with Crippen LogP contribution in [0.5, 0.6) is 0 Å². The van der Waals surface area contributed by atoms with Gasteiger partial charge in [-0.15, -0.1) is 0 Å². The van der Waals surface area contributed by atoms with E-state index in [0.29, 0.717) is 35.9 Å². The molecule has 0 saturated carbocycles. The molecule has 0 atom stereocenters. The third-order valence-corrected chi connectivity index (χ3v) is 2.52. The molecular weight excluding hydrogens is 236 g/mol. The Morgan fingerprint density at radius 3 is 2.94 bits per heavy atom. The van der Waals surface area contributed by atoms with E-state index in [1.54, 1.807) is 14.0 Å². The molecule has 0 spiro atoms. The first-order valence-electron chi connectivity index (χ1n) is 5.42. The minimum Gasteiger partial charge on any atom is -0.395 e. The van der Waals surface area contributed by atoms with E-state index in [4.69, 9.17) is 5.73 Å². The Balaban J connectivity index is 1.95. The number of aryl methyl sites for hydroxylation is 2. The number of nitrogens with one attached hydrogen (secondary N) is 1. The molecule has 0 fully saturated rings. The molecule has 18 heavy (non-hydrogen) atoms. The monoisotopic (exact) mass is 250 g/mol. The van der Waals surface area contributed by atoms with Crippen LogP contribution in [0.25, 0.3) is 0 Å². The van der Waals surface area contributed by atoms with Crippen LogP contribution in [0.3, 0.4) is 0 Å². The average molecular weight is 250 g/mol. The summed E-state index contributed by atoms with van der Waals surface area (Å²) >= 11 is 0. The van der Waals surface area contributed by atoms with Crippen LogP contribution in [0.1, 0.15) is 22.0 Å². The predicted molar refractivity (Wildman–Crippen MR) is 62.7 cm³/mol. The van der Waals surface area contributed by atoms with Crippen LogP contribution >= 0.6 is 0 Å². The number of hydrogen-bond donors (Lipinski definition) is 2. The minimum absolute atomic E-state index is 0.265. The smallest absolute Gasteiger partial charge is 0.271 e. The van der Waals surface area contributed by atoms with Gasteiger partial charge in [0.15, 0.2) is 5.82 Å². The van der Waals surface area contributed by atoms with Crippen molar-refractivity contribution in [1.82, 2.24) is 25.2 Å². The fourth-order valence-corrected chi connectivity index (χ4v) is 1.62. The zero-order chi connectivity index (χ0) is 13.1. The molecule has 0 saturated heterocycles. The minimum atomic E-state index is -0.265. The topological polar surface area (TPSA) is 112 Å². The van der Waals surface area contributed by atoms with Gasteiger partial charge in [0, 0.05) is 20.0 Å². The SMILES string of the molecule is Cc1nn(C)c(C(=O)NCCc2ncon2)c1N. The van der Waals surface area contributed by atoms with Gasteiger partial charge in [-0.2, -0.15) is 10.1 Å². The second kappa shape index (κ2) is 4.86. The third kappa shape index (κ3) is 2.31. The van der Waals surface area contributed by atoms with Gasteiger partial charge in [-0.25, -0.2) is 0 Å². The summed E-state index contributed by atoms with van der Waals surface area (Å²) in [6.45, 7) is 2.16. The number of carbonyl (C=O) groups excluding carboxylic acids is 1. The van der Waals surface area contributed by atoms with Crippen molar-refractivity contribution in [1.29, 1.82) is 0 Å². The van der Waals surface area contributed by atoms with Crippen LogP contribution in [0.4, 0.5) is 5.69 Å². The highest BCUT2D eigenvalue weighted by Gasteiger charge is 2.17. The van der Waals surface area contributed by atoms with Gasteiger partial charge in [-0.3, -0.25) is 9.48 Å². The van der Waals surface area contributed by atoms with Crippen LogP contribution in [-0.4, -0.2) is 32.4 Å². The van der Waals surface area contributed by atoms with E-state index in [0.717, 1.165) is 0 Å². The maximum atomic E-state index is 11.9. The Hall–Kier alpha value is -2.38. The maximum Gasteiger partial charge on any atom is 0.271 e. The van der Waals surface area contributed by atoms with Crippen molar-refractivity contribution in [2.45, 2.75) is 13.3 Å². The summed E-state index contributed by atoms with van der Waals surface area (Å²) in [5.41, 5.74) is 7.19. The summed E-state index contributed by atoms with van der Waals surface area (Å²) in [5.74, 6) is 0.281. The van der Waals surface area contributed by atoms with E-state index in [-0.39, 0.29) is 5.91 Å². The zero-order valence-electron chi connectivity index (χ0n) is 10.2. The van der Waals surface area contributed by atoms with Crippen molar-refractivity contribution in [3.8, 4) is 0 Å². The van der Waals surface area contributed by atoms with Crippen LogP contribution in [0.2, 0.25) is 0 Å². The standard InChI is InChI=1S/C10H14N6O2/c1-6-8(11)9(16(2)14-6)10(17)12-4-3-7-13-5-18-15-7/h5H,3-4,11H2,1-2H3,(H,12,17). The second-order valence-electron chi connectivity index (χ2n) is 3.82. The molecule has 2 aromatic rings. The number of hydrogen-bond acceptors (Lipinski definition) is 6.